The molecule has 0 unspecified atom stereocenters. The second-order valence-corrected chi connectivity index (χ2v) is 5.44. The topological polar surface area (TPSA) is 20.3 Å². The normalized spacial score (nSPS) is 10.3. The van der Waals surface area contributed by atoms with Crippen LogP contribution in [0.25, 0.3) is 0 Å². The molecule has 104 valence electrons. The number of halogens is 2. The highest BCUT2D eigenvalue weighted by Gasteiger charge is 2.15. The second-order valence-electron chi connectivity index (χ2n) is 4.59. The lowest BCUT2D eigenvalue weighted by atomic mass is 10.1. The highest BCUT2D eigenvalue weighted by atomic mass is 79.9. The molecule has 20 heavy (non-hydrogen) atoms. The predicted molar refractivity (Wildman–Crippen MR) is 81.2 cm³/mol. The zero-order valence-corrected chi connectivity index (χ0v) is 12.7. The minimum atomic E-state index is -0.361. The second kappa shape index (κ2) is 6.66. The molecular weight excluding hydrogens is 321 g/mol. The summed E-state index contributed by atoms with van der Waals surface area (Å²) in [5.74, 6) is -0.479. The lowest BCUT2D eigenvalue weighted by Gasteiger charge is -2.18. The Kier molecular flexibility index (Phi) is 4.90. The van der Waals surface area contributed by atoms with Gasteiger partial charge in [0.2, 0.25) is 0 Å². The molecule has 2 nitrogen and oxygen atoms in total. The lowest BCUT2D eigenvalue weighted by molar-refractivity contribution is 0.0795. The molecule has 0 saturated carbocycles. The SMILES string of the molecule is CN(CCc1ccccc1)C(=O)c1ccc(F)cc1Br. The van der Waals surface area contributed by atoms with E-state index in [9.17, 15) is 9.18 Å². The highest BCUT2D eigenvalue weighted by molar-refractivity contribution is 9.10. The number of likely N-dealkylation sites (N-methyl/N-ethyl adjacent to an activating group) is 1. The van der Waals surface area contributed by atoms with Crippen LogP contribution in [0, 0.1) is 5.82 Å². The van der Waals surface area contributed by atoms with E-state index in [4.69, 9.17) is 0 Å². The summed E-state index contributed by atoms with van der Waals surface area (Å²) < 4.78 is 13.5. The van der Waals surface area contributed by atoms with Gasteiger partial charge in [0.1, 0.15) is 5.82 Å². The van der Waals surface area contributed by atoms with Crippen molar-refractivity contribution >= 4 is 21.8 Å². The molecule has 0 radical (unpaired) electrons. The zero-order valence-electron chi connectivity index (χ0n) is 11.1. The molecule has 0 atom stereocenters. The summed E-state index contributed by atoms with van der Waals surface area (Å²) in [5.41, 5.74) is 1.66. The number of carbonyl (C=O) groups excluding carboxylic acids is 1. The van der Waals surface area contributed by atoms with Gasteiger partial charge in [-0.3, -0.25) is 4.79 Å². The van der Waals surface area contributed by atoms with Crippen molar-refractivity contribution in [3.05, 3.63) is 69.9 Å². The van der Waals surface area contributed by atoms with Crippen LogP contribution in [0.4, 0.5) is 4.39 Å². The standard InChI is InChI=1S/C16H15BrFNO/c1-19(10-9-12-5-3-2-4-6-12)16(20)14-8-7-13(18)11-15(14)17/h2-8,11H,9-10H2,1H3. The van der Waals surface area contributed by atoms with E-state index in [1.54, 1.807) is 11.9 Å². The smallest absolute Gasteiger partial charge is 0.254 e. The first-order valence-corrected chi connectivity index (χ1v) is 7.11. The Balaban J connectivity index is 2.01. The highest BCUT2D eigenvalue weighted by Crippen LogP contribution is 2.19. The molecule has 0 aromatic heterocycles. The first-order valence-electron chi connectivity index (χ1n) is 6.32. The van der Waals surface area contributed by atoms with Crippen molar-refractivity contribution < 1.29 is 9.18 Å². The van der Waals surface area contributed by atoms with Crippen LogP contribution in [-0.4, -0.2) is 24.4 Å². The molecule has 2 aromatic carbocycles. The van der Waals surface area contributed by atoms with Gasteiger partial charge in [0.25, 0.3) is 5.91 Å². The third-order valence-corrected chi connectivity index (χ3v) is 3.74. The summed E-state index contributed by atoms with van der Waals surface area (Å²) in [4.78, 5) is 13.9. The van der Waals surface area contributed by atoms with Gasteiger partial charge in [0.15, 0.2) is 0 Å². The van der Waals surface area contributed by atoms with Crippen LogP contribution >= 0.6 is 15.9 Å². The van der Waals surface area contributed by atoms with Gasteiger partial charge in [0, 0.05) is 18.1 Å². The Morgan fingerprint density at radius 2 is 1.90 bits per heavy atom. The van der Waals surface area contributed by atoms with Crippen LogP contribution in [0.2, 0.25) is 0 Å². The van der Waals surface area contributed by atoms with E-state index >= 15 is 0 Å². The Labute approximate surface area is 126 Å². The van der Waals surface area contributed by atoms with Crippen molar-refractivity contribution in [2.45, 2.75) is 6.42 Å². The molecule has 0 aliphatic heterocycles. The van der Waals surface area contributed by atoms with Gasteiger partial charge in [-0.1, -0.05) is 30.3 Å². The fourth-order valence-electron chi connectivity index (χ4n) is 1.91. The molecule has 2 rings (SSSR count). The van der Waals surface area contributed by atoms with Crippen molar-refractivity contribution in [3.63, 3.8) is 0 Å². The maximum atomic E-state index is 13.0. The van der Waals surface area contributed by atoms with Crippen LogP contribution in [0.3, 0.4) is 0 Å². The van der Waals surface area contributed by atoms with Crippen LogP contribution in [0.15, 0.2) is 53.0 Å². The predicted octanol–water partition coefficient (Wildman–Crippen LogP) is 3.90. The van der Waals surface area contributed by atoms with Crippen LogP contribution in [0.1, 0.15) is 15.9 Å². The molecule has 1 amide bonds. The van der Waals surface area contributed by atoms with Gasteiger partial charge in [-0.15, -0.1) is 0 Å². The molecular formula is C16H15BrFNO. The summed E-state index contributed by atoms with van der Waals surface area (Å²) >= 11 is 3.22. The quantitative estimate of drug-likeness (QED) is 0.829. The number of benzene rings is 2. The van der Waals surface area contributed by atoms with E-state index < -0.39 is 0 Å². The third kappa shape index (κ3) is 3.67. The van der Waals surface area contributed by atoms with E-state index in [0.29, 0.717) is 16.6 Å². The number of amides is 1. The molecule has 0 spiro atoms. The Hall–Kier alpha value is -1.68. The van der Waals surface area contributed by atoms with E-state index in [1.165, 1.54) is 23.8 Å². The van der Waals surface area contributed by atoms with E-state index in [1.807, 2.05) is 30.3 Å². The summed E-state index contributed by atoms with van der Waals surface area (Å²) in [5, 5.41) is 0. The Morgan fingerprint density at radius 3 is 2.55 bits per heavy atom. The summed E-state index contributed by atoms with van der Waals surface area (Å²) in [7, 11) is 1.75. The van der Waals surface area contributed by atoms with Crippen molar-refractivity contribution in [2.24, 2.45) is 0 Å². The van der Waals surface area contributed by atoms with Gasteiger partial charge in [-0.25, -0.2) is 4.39 Å². The maximum Gasteiger partial charge on any atom is 0.254 e. The van der Waals surface area contributed by atoms with Crippen molar-refractivity contribution in [1.29, 1.82) is 0 Å². The van der Waals surface area contributed by atoms with E-state index in [2.05, 4.69) is 15.9 Å². The van der Waals surface area contributed by atoms with Gasteiger partial charge >= 0.3 is 0 Å². The molecule has 0 aliphatic carbocycles. The number of rotatable bonds is 4. The molecule has 0 fully saturated rings. The van der Waals surface area contributed by atoms with E-state index in [0.717, 1.165) is 6.42 Å². The molecule has 0 saturated heterocycles. The Bertz CT molecular complexity index is 601. The number of hydrogen-bond donors (Lipinski definition) is 0. The summed E-state index contributed by atoms with van der Waals surface area (Å²) in [6.45, 7) is 0.618. The molecule has 2 aromatic rings. The minimum absolute atomic E-state index is 0.118. The first kappa shape index (κ1) is 14.7. The van der Waals surface area contributed by atoms with Crippen molar-refractivity contribution in [2.75, 3.05) is 13.6 Å². The molecule has 4 heteroatoms. The molecule has 0 N–H and O–H groups in total. The van der Waals surface area contributed by atoms with Crippen LogP contribution in [-0.2, 0) is 6.42 Å². The van der Waals surface area contributed by atoms with Crippen molar-refractivity contribution in [3.8, 4) is 0 Å². The first-order chi connectivity index (χ1) is 9.58. The lowest BCUT2D eigenvalue weighted by Crippen LogP contribution is -2.29. The van der Waals surface area contributed by atoms with Crippen LogP contribution in [0.5, 0.6) is 0 Å². The van der Waals surface area contributed by atoms with Crippen LogP contribution < -0.4 is 0 Å². The van der Waals surface area contributed by atoms with Crippen molar-refractivity contribution in [1.82, 2.24) is 4.90 Å². The van der Waals surface area contributed by atoms with Gasteiger partial charge in [-0.05, 0) is 46.1 Å². The number of carbonyl (C=O) groups is 1. The monoisotopic (exact) mass is 335 g/mol. The minimum Gasteiger partial charge on any atom is -0.341 e. The molecule has 0 aliphatic rings. The summed E-state index contributed by atoms with van der Waals surface area (Å²) in [6, 6.07) is 14.1. The van der Waals surface area contributed by atoms with Gasteiger partial charge in [-0.2, -0.15) is 0 Å². The number of nitrogens with zero attached hydrogens (tertiary/aromatic N) is 1. The largest absolute Gasteiger partial charge is 0.341 e. The third-order valence-electron chi connectivity index (χ3n) is 3.09. The fraction of sp³-hybridized carbons (Fsp3) is 0.188. The number of hydrogen-bond acceptors (Lipinski definition) is 1. The summed E-state index contributed by atoms with van der Waals surface area (Å²) in [6.07, 6.45) is 0.794. The Morgan fingerprint density at radius 1 is 1.20 bits per heavy atom. The van der Waals surface area contributed by atoms with Gasteiger partial charge < -0.3 is 4.90 Å². The molecule has 0 heterocycles. The average Bonchev–Trinajstić information content (AvgIpc) is 2.45. The molecule has 0 bridgehead atoms. The average molecular weight is 336 g/mol. The van der Waals surface area contributed by atoms with Gasteiger partial charge in [0.05, 0.1) is 5.56 Å². The maximum absolute atomic E-state index is 13.0. The van der Waals surface area contributed by atoms with E-state index in [-0.39, 0.29) is 11.7 Å². The fourth-order valence-corrected chi connectivity index (χ4v) is 2.43. The zero-order chi connectivity index (χ0) is 14.5.